The average molecular weight is 490 g/mol. The first-order valence-electron chi connectivity index (χ1n) is 11.1. The smallest absolute Gasteiger partial charge is 0.251 e. The van der Waals surface area contributed by atoms with Crippen LogP contribution in [0.1, 0.15) is 38.3 Å². The number of hydrogen-bond donors (Lipinski definition) is 2. The summed E-state index contributed by atoms with van der Waals surface area (Å²) in [6, 6.07) is 11.1. The maximum atomic E-state index is 12.9. The summed E-state index contributed by atoms with van der Waals surface area (Å²) in [7, 11) is 1.73. The number of aryl methyl sites for hydroxylation is 1. The molecule has 8 nitrogen and oxygen atoms in total. The zero-order valence-corrected chi connectivity index (χ0v) is 20.3. The first kappa shape index (κ1) is 22.9. The lowest BCUT2D eigenvalue weighted by molar-refractivity contribution is -0.214. The Kier molecular flexibility index (Phi) is 5.92. The van der Waals surface area contributed by atoms with Crippen molar-refractivity contribution in [2.75, 3.05) is 17.8 Å². The van der Waals surface area contributed by atoms with Crippen molar-refractivity contribution in [1.82, 2.24) is 15.3 Å². The van der Waals surface area contributed by atoms with Crippen LogP contribution in [0.25, 0.3) is 10.9 Å². The Hall–Kier alpha value is -3.88. The number of nitrogens with zero attached hydrogens (tertiary/aromatic N) is 3. The van der Waals surface area contributed by atoms with E-state index in [9.17, 15) is 4.79 Å². The lowest BCUT2D eigenvalue weighted by Gasteiger charge is -2.22. The predicted octanol–water partition coefficient (Wildman–Crippen LogP) is 4.68. The van der Waals surface area contributed by atoms with Crippen LogP contribution in [0, 0.1) is 13.8 Å². The Morgan fingerprint density at radius 1 is 1.14 bits per heavy atom. The molecule has 1 amide bonds. The maximum Gasteiger partial charge on any atom is 0.251 e. The van der Waals surface area contributed by atoms with Crippen LogP contribution in [0.5, 0.6) is 5.75 Å². The maximum absolute atomic E-state index is 12.9. The third kappa shape index (κ3) is 4.45. The fraction of sp³-hybridized carbons (Fsp3) is 0.192. The summed E-state index contributed by atoms with van der Waals surface area (Å²) in [5, 5.41) is 5.85. The molecule has 9 heteroatoms. The monoisotopic (exact) mass is 489 g/mol. The van der Waals surface area contributed by atoms with Gasteiger partial charge in [-0.3, -0.25) is 14.8 Å². The Balaban J connectivity index is 1.67. The minimum Gasteiger partial charge on any atom is -0.396 e. The van der Waals surface area contributed by atoms with Gasteiger partial charge in [0.05, 0.1) is 21.9 Å². The highest BCUT2D eigenvalue weighted by Gasteiger charge is 2.19. The first-order chi connectivity index (χ1) is 16.8. The number of benzene rings is 2. The van der Waals surface area contributed by atoms with E-state index in [0.717, 1.165) is 33.3 Å². The van der Waals surface area contributed by atoms with Crippen molar-refractivity contribution >= 4 is 39.8 Å². The van der Waals surface area contributed by atoms with Crippen molar-refractivity contribution in [3.8, 4) is 5.75 Å². The molecule has 0 saturated carbocycles. The molecule has 0 fully saturated rings. The van der Waals surface area contributed by atoms with E-state index in [1.807, 2.05) is 32.0 Å². The minimum atomic E-state index is -0.190. The highest BCUT2D eigenvalue weighted by Crippen LogP contribution is 2.34. The van der Waals surface area contributed by atoms with Crippen molar-refractivity contribution < 1.29 is 14.7 Å². The molecular formula is C26H24ClN5O3. The third-order valence-corrected chi connectivity index (χ3v) is 6.36. The number of halogens is 1. The molecule has 0 atom stereocenters. The van der Waals surface area contributed by atoms with Crippen LogP contribution in [0.15, 0.2) is 48.8 Å². The van der Waals surface area contributed by atoms with Crippen molar-refractivity contribution in [2.24, 2.45) is 0 Å². The van der Waals surface area contributed by atoms with Gasteiger partial charge in [0.1, 0.15) is 0 Å². The Labute approximate surface area is 207 Å². The van der Waals surface area contributed by atoms with E-state index in [1.54, 1.807) is 37.6 Å². The number of nitrogen functional groups attached to an aromatic ring is 1. The molecule has 178 valence electrons. The fourth-order valence-corrected chi connectivity index (χ4v) is 4.52. The number of hydrogen-bond acceptors (Lipinski definition) is 7. The summed E-state index contributed by atoms with van der Waals surface area (Å²) in [4.78, 5) is 33.4. The highest BCUT2D eigenvalue weighted by molar-refractivity contribution is 6.31. The molecule has 3 N–H and O–H groups in total. The number of fused-ring (bicyclic) bond motifs is 8. The van der Waals surface area contributed by atoms with Crippen LogP contribution in [-0.4, -0.2) is 22.9 Å². The quantitative estimate of drug-likeness (QED) is 0.273. The van der Waals surface area contributed by atoms with Crippen molar-refractivity contribution in [2.45, 2.75) is 26.8 Å². The van der Waals surface area contributed by atoms with E-state index in [4.69, 9.17) is 27.2 Å². The largest absolute Gasteiger partial charge is 0.396 e. The van der Waals surface area contributed by atoms with E-state index in [1.165, 1.54) is 5.06 Å². The second-order valence-electron chi connectivity index (χ2n) is 8.61. The molecule has 2 aromatic carbocycles. The molecule has 0 unspecified atom stereocenters. The van der Waals surface area contributed by atoms with Crippen LogP contribution < -0.4 is 21.0 Å². The Morgan fingerprint density at radius 2 is 1.97 bits per heavy atom. The number of nitrogens with two attached hydrogens (primary N) is 1. The second kappa shape index (κ2) is 9.05. The van der Waals surface area contributed by atoms with Crippen LogP contribution >= 0.6 is 11.6 Å². The number of pyridine rings is 2. The van der Waals surface area contributed by atoms with E-state index < -0.39 is 0 Å². The SMILES string of the molecule is Cc1cc(N)c2c(C)c1CNC(=O)c1ccnc(c1)Cc1cc(c3ncc(Cl)cc3c1)N(C)OO2. The zero-order valence-electron chi connectivity index (χ0n) is 19.6. The van der Waals surface area contributed by atoms with E-state index >= 15 is 0 Å². The van der Waals surface area contributed by atoms with Gasteiger partial charge >= 0.3 is 0 Å². The molecular weight excluding hydrogens is 466 g/mol. The molecule has 3 heterocycles. The third-order valence-electron chi connectivity index (χ3n) is 6.15. The molecule has 0 spiro atoms. The summed E-state index contributed by atoms with van der Waals surface area (Å²) >= 11 is 6.23. The molecule has 1 aliphatic heterocycles. The van der Waals surface area contributed by atoms with Gasteiger partial charge in [-0.2, -0.15) is 0 Å². The van der Waals surface area contributed by atoms with Gasteiger partial charge in [-0.15, -0.1) is 0 Å². The van der Waals surface area contributed by atoms with E-state index in [2.05, 4.69) is 15.3 Å². The molecule has 35 heavy (non-hydrogen) atoms. The van der Waals surface area contributed by atoms with Crippen LogP contribution in [0.2, 0.25) is 5.02 Å². The molecule has 0 radical (unpaired) electrons. The van der Waals surface area contributed by atoms with E-state index in [-0.39, 0.29) is 5.91 Å². The molecule has 6 bridgehead atoms. The first-order valence-corrected chi connectivity index (χ1v) is 11.5. The molecule has 2 aromatic heterocycles. The van der Waals surface area contributed by atoms with Crippen LogP contribution in [0.3, 0.4) is 0 Å². The van der Waals surface area contributed by atoms with Gasteiger partial charge in [-0.25, -0.2) is 5.06 Å². The van der Waals surface area contributed by atoms with Gasteiger partial charge in [-0.1, -0.05) is 16.6 Å². The Morgan fingerprint density at radius 3 is 2.80 bits per heavy atom. The highest BCUT2D eigenvalue weighted by atomic mass is 35.5. The molecule has 4 aromatic rings. The lowest BCUT2D eigenvalue weighted by atomic mass is 10.00. The standard InChI is InChI=1S/C26H24ClN5O3/c1-14-6-22(28)25-15(2)21(14)13-31-26(33)17-4-5-29-20(11-17)8-16-7-18-10-19(27)12-30-24(18)23(9-16)32(3)35-34-25/h4-7,9-12H,8,13,28H2,1-3H3,(H,31,33). The molecule has 1 aliphatic rings. The van der Waals surface area contributed by atoms with Gasteiger partial charge in [0, 0.05) is 54.6 Å². The normalized spacial score (nSPS) is 13.9. The number of nitrogens with one attached hydrogen (secondary N) is 1. The molecule has 0 saturated heterocycles. The number of carbonyl (C=O) groups excluding carboxylic acids is 1. The lowest BCUT2D eigenvalue weighted by Crippen LogP contribution is -2.25. The van der Waals surface area contributed by atoms with E-state index in [0.29, 0.717) is 46.2 Å². The topological polar surface area (TPSA) is 103 Å². The summed E-state index contributed by atoms with van der Waals surface area (Å²) in [6.07, 6.45) is 3.73. The number of aromatic nitrogens is 2. The summed E-state index contributed by atoms with van der Waals surface area (Å²) in [5.41, 5.74) is 12.9. The Bertz CT molecular complexity index is 1470. The number of rotatable bonds is 0. The number of hydroxylamine groups is 1. The zero-order chi connectivity index (χ0) is 24.7. The predicted molar refractivity (Wildman–Crippen MR) is 135 cm³/mol. The van der Waals surface area contributed by atoms with Crippen molar-refractivity contribution in [3.05, 3.63) is 87.3 Å². The van der Waals surface area contributed by atoms with Crippen LogP contribution in [0.4, 0.5) is 11.4 Å². The second-order valence-corrected chi connectivity index (χ2v) is 9.04. The number of anilines is 2. The summed E-state index contributed by atoms with van der Waals surface area (Å²) in [5.74, 6) is 0.200. The van der Waals surface area contributed by atoms with Gasteiger partial charge in [-0.05, 0) is 66.9 Å². The molecule has 5 rings (SSSR count). The summed E-state index contributed by atoms with van der Waals surface area (Å²) < 4.78 is 0. The van der Waals surface area contributed by atoms with Crippen molar-refractivity contribution in [3.63, 3.8) is 0 Å². The van der Waals surface area contributed by atoms with Gasteiger partial charge in [0.25, 0.3) is 5.91 Å². The number of carbonyl (C=O) groups is 1. The van der Waals surface area contributed by atoms with Crippen LogP contribution in [-0.2, 0) is 18.0 Å². The summed E-state index contributed by atoms with van der Waals surface area (Å²) in [6.45, 7) is 4.14. The van der Waals surface area contributed by atoms with Gasteiger partial charge in [0.2, 0.25) is 0 Å². The average Bonchev–Trinajstić information content (AvgIpc) is 2.82. The van der Waals surface area contributed by atoms with Crippen molar-refractivity contribution in [1.29, 1.82) is 0 Å². The van der Waals surface area contributed by atoms with Gasteiger partial charge in [0.15, 0.2) is 5.75 Å². The van der Waals surface area contributed by atoms with Gasteiger partial charge < -0.3 is 15.9 Å². The number of amides is 1. The fourth-order valence-electron chi connectivity index (χ4n) is 4.35. The molecule has 0 aliphatic carbocycles. The minimum absolute atomic E-state index is 0.190.